The molecule has 110 valence electrons. The Morgan fingerprint density at radius 1 is 1.00 bits per heavy atom. The van der Waals surface area contributed by atoms with Crippen LogP contribution in [0.3, 0.4) is 0 Å². The van der Waals surface area contributed by atoms with Gasteiger partial charge in [-0.05, 0) is 31.6 Å². The first kappa shape index (κ1) is 14.9. The summed E-state index contributed by atoms with van der Waals surface area (Å²) in [5.74, 6) is 0.395. The first-order chi connectivity index (χ1) is 9.89. The number of hydrogen-bond acceptors (Lipinski definition) is 4. The molecule has 1 aliphatic rings. The van der Waals surface area contributed by atoms with Crippen molar-refractivity contribution in [3.05, 3.63) is 60.3 Å². The lowest BCUT2D eigenvalue weighted by Crippen LogP contribution is -2.34. The van der Waals surface area contributed by atoms with E-state index in [9.17, 15) is 10.2 Å². The standard InChI is InChI=1S/C10H8O2.C7H12N2/c11-9-5-1-3-7-8(9)4-2-6-10(7)12;1-7(9)4-2-6(8)3-5-7/h1-6,11-12H;2-4H,5,8-9H2,1H3. The number of allylic oxidation sites excluding steroid dienone is 1. The van der Waals surface area contributed by atoms with Gasteiger partial charge in [-0.3, -0.25) is 0 Å². The van der Waals surface area contributed by atoms with Gasteiger partial charge in [0, 0.05) is 22.0 Å². The Labute approximate surface area is 124 Å². The average molecular weight is 284 g/mol. The Balaban J connectivity index is 0.000000161. The van der Waals surface area contributed by atoms with Gasteiger partial charge in [-0.1, -0.05) is 36.4 Å². The second kappa shape index (κ2) is 5.89. The molecule has 3 rings (SSSR count). The van der Waals surface area contributed by atoms with Gasteiger partial charge in [-0.15, -0.1) is 0 Å². The monoisotopic (exact) mass is 284 g/mol. The highest BCUT2D eigenvalue weighted by atomic mass is 16.3. The summed E-state index contributed by atoms with van der Waals surface area (Å²) < 4.78 is 0. The number of phenolic OH excluding ortho intramolecular Hbond substituents is 2. The summed E-state index contributed by atoms with van der Waals surface area (Å²) in [4.78, 5) is 0. The maximum Gasteiger partial charge on any atom is 0.123 e. The number of benzene rings is 2. The van der Waals surface area contributed by atoms with E-state index in [4.69, 9.17) is 11.5 Å². The van der Waals surface area contributed by atoms with Gasteiger partial charge >= 0.3 is 0 Å². The third kappa shape index (κ3) is 3.77. The van der Waals surface area contributed by atoms with Crippen LogP contribution >= 0.6 is 0 Å². The van der Waals surface area contributed by atoms with Crippen molar-refractivity contribution >= 4 is 10.8 Å². The molecule has 2 aromatic rings. The first-order valence-electron chi connectivity index (χ1n) is 6.72. The van der Waals surface area contributed by atoms with Crippen molar-refractivity contribution in [1.82, 2.24) is 0 Å². The molecule has 0 saturated heterocycles. The second-order valence-corrected chi connectivity index (χ2v) is 5.40. The van der Waals surface area contributed by atoms with E-state index in [-0.39, 0.29) is 17.0 Å². The fourth-order valence-electron chi connectivity index (χ4n) is 2.04. The zero-order valence-electron chi connectivity index (χ0n) is 12.0. The molecule has 21 heavy (non-hydrogen) atoms. The number of phenols is 2. The van der Waals surface area contributed by atoms with Gasteiger partial charge in [-0.25, -0.2) is 0 Å². The van der Waals surface area contributed by atoms with Gasteiger partial charge in [0.25, 0.3) is 0 Å². The molecule has 0 amide bonds. The highest BCUT2D eigenvalue weighted by Gasteiger charge is 2.14. The molecule has 0 saturated carbocycles. The molecule has 1 atom stereocenters. The molecule has 0 radical (unpaired) electrons. The fourth-order valence-corrected chi connectivity index (χ4v) is 2.04. The van der Waals surface area contributed by atoms with Crippen molar-refractivity contribution < 1.29 is 10.2 Å². The van der Waals surface area contributed by atoms with Crippen LogP contribution < -0.4 is 11.5 Å². The van der Waals surface area contributed by atoms with Crippen LogP contribution in [-0.2, 0) is 0 Å². The molecule has 1 aliphatic carbocycles. The molecule has 0 aromatic heterocycles. The highest BCUT2D eigenvalue weighted by Crippen LogP contribution is 2.29. The highest BCUT2D eigenvalue weighted by molar-refractivity contribution is 5.92. The van der Waals surface area contributed by atoms with E-state index in [1.54, 1.807) is 36.4 Å². The number of nitrogens with two attached hydrogens (primary N) is 2. The molecule has 4 heteroatoms. The average Bonchev–Trinajstić information content (AvgIpc) is 2.45. The maximum atomic E-state index is 9.38. The summed E-state index contributed by atoms with van der Waals surface area (Å²) in [6.07, 6.45) is 6.57. The first-order valence-corrected chi connectivity index (χ1v) is 6.72. The van der Waals surface area contributed by atoms with Gasteiger partial charge in [0.05, 0.1) is 0 Å². The molecular weight excluding hydrogens is 264 g/mol. The molecule has 0 aliphatic heterocycles. The number of fused-ring (bicyclic) bond motifs is 1. The minimum absolute atomic E-state index is 0.178. The Kier molecular flexibility index (Phi) is 4.19. The lowest BCUT2D eigenvalue weighted by molar-refractivity contribution is 0.475. The second-order valence-electron chi connectivity index (χ2n) is 5.40. The minimum Gasteiger partial charge on any atom is -0.507 e. The topological polar surface area (TPSA) is 92.5 Å². The molecule has 6 N–H and O–H groups in total. The summed E-state index contributed by atoms with van der Waals surface area (Å²) >= 11 is 0. The molecular formula is C17H20N2O2. The largest absolute Gasteiger partial charge is 0.507 e. The van der Waals surface area contributed by atoms with Crippen molar-refractivity contribution in [2.24, 2.45) is 11.5 Å². The summed E-state index contributed by atoms with van der Waals surface area (Å²) in [6.45, 7) is 1.98. The van der Waals surface area contributed by atoms with E-state index in [0.29, 0.717) is 10.8 Å². The summed E-state index contributed by atoms with van der Waals surface area (Å²) in [5, 5.41) is 20.1. The van der Waals surface area contributed by atoms with Gasteiger partial charge in [0.1, 0.15) is 11.5 Å². The normalized spacial score (nSPS) is 20.6. The molecule has 0 spiro atoms. The molecule has 1 unspecified atom stereocenters. The summed E-state index contributed by atoms with van der Waals surface area (Å²) in [6, 6.07) is 10.1. The Morgan fingerprint density at radius 3 is 1.90 bits per heavy atom. The summed E-state index contributed by atoms with van der Waals surface area (Å²) in [7, 11) is 0. The quantitative estimate of drug-likeness (QED) is 0.598. The Morgan fingerprint density at radius 2 is 1.52 bits per heavy atom. The number of rotatable bonds is 0. The summed E-state index contributed by atoms with van der Waals surface area (Å²) in [5.41, 5.74) is 11.9. The van der Waals surface area contributed by atoms with Crippen LogP contribution in [0, 0.1) is 0 Å². The van der Waals surface area contributed by atoms with Gasteiger partial charge < -0.3 is 21.7 Å². The van der Waals surface area contributed by atoms with Crippen LogP contribution in [0.2, 0.25) is 0 Å². The van der Waals surface area contributed by atoms with Crippen molar-refractivity contribution in [2.75, 3.05) is 0 Å². The van der Waals surface area contributed by atoms with Crippen molar-refractivity contribution in [2.45, 2.75) is 18.9 Å². The lowest BCUT2D eigenvalue weighted by Gasteiger charge is -2.21. The number of aromatic hydroxyl groups is 2. The van der Waals surface area contributed by atoms with Crippen LogP contribution in [0.25, 0.3) is 10.8 Å². The smallest absolute Gasteiger partial charge is 0.123 e. The van der Waals surface area contributed by atoms with Crippen LogP contribution in [-0.4, -0.2) is 15.8 Å². The van der Waals surface area contributed by atoms with Gasteiger partial charge in [0.2, 0.25) is 0 Å². The van der Waals surface area contributed by atoms with E-state index in [2.05, 4.69) is 0 Å². The Bertz CT molecular complexity index is 662. The van der Waals surface area contributed by atoms with E-state index in [1.165, 1.54) is 0 Å². The number of hydrogen-bond donors (Lipinski definition) is 4. The zero-order chi connectivity index (χ0) is 15.5. The van der Waals surface area contributed by atoms with Crippen LogP contribution in [0.15, 0.2) is 60.3 Å². The van der Waals surface area contributed by atoms with E-state index in [0.717, 1.165) is 12.1 Å². The van der Waals surface area contributed by atoms with Crippen molar-refractivity contribution in [3.8, 4) is 11.5 Å². The van der Waals surface area contributed by atoms with E-state index >= 15 is 0 Å². The van der Waals surface area contributed by atoms with Crippen LogP contribution in [0.1, 0.15) is 13.3 Å². The van der Waals surface area contributed by atoms with E-state index in [1.807, 2.05) is 25.2 Å². The lowest BCUT2D eigenvalue weighted by atomic mass is 9.94. The van der Waals surface area contributed by atoms with Gasteiger partial charge in [-0.2, -0.15) is 0 Å². The zero-order valence-corrected chi connectivity index (χ0v) is 12.0. The molecule has 4 nitrogen and oxygen atoms in total. The third-order valence-electron chi connectivity index (χ3n) is 3.31. The third-order valence-corrected chi connectivity index (χ3v) is 3.31. The molecule has 0 fully saturated rings. The predicted octanol–water partition coefficient (Wildman–Crippen LogP) is 2.76. The van der Waals surface area contributed by atoms with Crippen molar-refractivity contribution in [3.63, 3.8) is 0 Å². The molecule has 0 bridgehead atoms. The van der Waals surface area contributed by atoms with Crippen molar-refractivity contribution in [1.29, 1.82) is 0 Å². The van der Waals surface area contributed by atoms with Gasteiger partial charge in [0.15, 0.2) is 0 Å². The van der Waals surface area contributed by atoms with Crippen LogP contribution in [0.4, 0.5) is 0 Å². The Hall–Kier alpha value is -2.46. The SMILES string of the molecule is CC1(N)C=CC(N)=CC1.Oc1cccc2c(O)cccc12. The minimum atomic E-state index is -0.178. The predicted molar refractivity (Wildman–Crippen MR) is 85.9 cm³/mol. The fraction of sp³-hybridized carbons (Fsp3) is 0.176. The van der Waals surface area contributed by atoms with E-state index < -0.39 is 0 Å². The molecule has 2 aromatic carbocycles. The molecule has 0 heterocycles. The maximum absolute atomic E-state index is 9.38. The van der Waals surface area contributed by atoms with Crippen LogP contribution in [0.5, 0.6) is 11.5 Å².